The average Bonchev–Trinajstić information content (AvgIpc) is 2.52. The van der Waals surface area contributed by atoms with Gasteiger partial charge in [0.1, 0.15) is 0 Å². The molecule has 120 valence electrons. The second-order valence-corrected chi connectivity index (χ2v) is 5.62. The molecule has 1 N–H and O–H groups in total. The van der Waals surface area contributed by atoms with E-state index in [0.717, 1.165) is 37.4 Å². The van der Waals surface area contributed by atoms with Crippen LogP contribution in [0.25, 0.3) is 0 Å². The van der Waals surface area contributed by atoms with E-state index in [1.165, 1.54) is 24.8 Å². The van der Waals surface area contributed by atoms with E-state index >= 15 is 0 Å². The third-order valence-electron chi connectivity index (χ3n) is 3.84. The summed E-state index contributed by atoms with van der Waals surface area (Å²) in [6.07, 6.45) is 7.05. The van der Waals surface area contributed by atoms with Crippen LogP contribution < -0.4 is 14.8 Å². The van der Waals surface area contributed by atoms with E-state index in [2.05, 4.69) is 31.3 Å². The van der Waals surface area contributed by atoms with Crippen LogP contribution in [0.1, 0.15) is 51.5 Å². The van der Waals surface area contributed by atoms with Gasteiger partial charge in [0.2, 0.25) is 0 Å². The summed E-state index contributed by atoms with van der Waals surface area (Å²) in [7, 11) is 3.71. The van der Waals surface area contributed by atoms with Crippen molar-refractivity contribution in [3.63, 3.8) is 0 Å². The second-order valence-electron chi connectivity index (χ2n) is 5.62. The third-order valence-corrected chi connectivity index (χ3v) is 3.84. The van der Waals surface area contributed by atoms with Gasteiger partial charge in [0, 0.05) is 6.04 Å². The zero-order chi connectivity index (χ0) is 15.5. The van der Waals surface area contributed by atoms with Crippen LogP contribution in [0.2, 0.25) is 0 Å². The molecule has 0 aliphatic carbocycles. The first kappa shape index (κ1) is 17.8. The zero-order valence-corrected chi connectivity index (χ0v) is 14.1. The number of hydrogen-bond donors (Lipinski definition) is 1. The van der Waals surface area contributed by atoms with Gasteiger partial charge in [-0.1, -0.05) is 32.3 Å². The minimum absolute atomic E-state index is 0.533. The summed E-state index contributed by atoms with van der Waals surface area (Å²) in [5.41, 5.74) is 1.30. The predicted molar refractivity (Wildman–Crippen MR) is 89.5 cm³/mol. The molecule has 3 nitrogen and oxygen atoms in total. The van der Waals surface area contributed by atoms with Crippen molar-refractivity contribution in [3.8, 4) is 11.5 Å². The third kappa shape index (κ3) is 6.85. The molecule has 0 fully saturated rings. The van der Waals surface area contributed by atoms with Crippen LogP contribution in [-0.4, -0.2) is 26.8 Å². The van der Waals surface area contributed by atoms with E-state index in [-0.39, 0.29) is 0 Å². The fourth-order valence-electron chi connectivity index (χ4n) is 2.23. The molecule has 0 saturated heterocycles. The van der Waals surface area contributed by atoms with Gasteiger partial charge in [-0.2, -0.15) is 0 Å². The maximum absolute atomic E-state index is 5.84. The topological polar surface area (TPSA) is 30.5 Å². The monoisotopic (exact) mass is 293 g/mol. The van der Waals surface area contributed by atoms with Gasteiger partial charge in [-0.15, -0.1) is 0 Å². The molecule has 0 aliphatic rings. The Morgan fingerprint density at radius 2 is 1.95 bits per heavy atom. The van der Waals surface area contributed by atoms with Crippen molar-refractivity contribution in [1.29, 1.82) is 0 Å². The fourth-order valence-corrected chi connectivity index (χ4v) is 2.23. The SMILES string of the molecule is CCCCCCOc1ccc(CCC(C)NC)cc1OC. The maximum Gasteiger partial charge on any atom is 0.161 e. The van der Waals surface area contributed by atoms with Crippen molar-refractivity contribution >= 4 is 0 Å². The van der Waals surface area contributed by atoms with E-state index in [9.17, 15) is 0 Å². The van der Waals surface area contributed by atoms with Crippen LogP contribution in [0.3, 0.4) is 0 Å². The Morgan fingerprint density at radius 3 is 2.62 bits per heavy atom. The Kier molecular flexibility index (Phi) is 8.91. The lowest BCUT2D eigenvalue weighted by atomic mass is 10.1. The van der Waals surface area contributed by atoms with Crippen LogP contribution in [0.4, 0.5) is 0 Å². The standard InChI is InChI=1S/C18H31NO2/c1-5-6-7-8-13-21-17-12-11-16(14-18(17)20-4)10-9-15(2)19-3/h11-12,14-15,19H,5-10,13H2,1-4H3. The highest BCUT2D eigenvalue weighted by Gasteiger charge is 2.07. The summed E-state index contributed by atoms with van der Waals surface area (Å²) < 4.78 is 11.3. The molecule has 1 aromatic carbocycles. The molecule has 0 aliphatic heterocycles. The number of methoxy groups -OCH3 is 1. The van der Waals surface area contributed by atoms with Crippen molar-refractivity contribution < 1.29 is 9.47 Å². The van der Waals surface area contributed by atoms with Crippen molar-refractivity contribution in [3.05, 3.63) is 23.8 Å². The summed E-state index contributed by atoms with van der Waals surface area (Å²) in [4.78, 5) is 0. The summed E-state index contributed by atoms with van der Waals surface area (Å²) in [5, 5.41) is 3.26. The van der Waals surface area contributed by atoms with Crippen molar-refractivity contribution in [1.82, 2.24) is 5.32 Å². The van der Waals surface area contributed by atoms with E-state index in [0.29, 0.717) is 6.04 Å². The normalized spacial score (nSPS) is 12.2. The summed E-state index contributed by atoms with van der Waals surface area (Å²) >= 11 is 0. The molecule has 1 aromatic rings. The van der Waals surface area contributed by atoms with Crippen molar-refractivity contribution in [2.75, 3.05) is 20.8 Å². The molecular weight excluding hydrogens is 262 g/mol. The molecule has 0 radical (unpaired) electrons. The summed E-state index contributed by atoms with van der Waals surface area (Å²) in [6.45, 7) is 5.19. The highest BCUT2D eigenvalue weighted by molar-refractivity contribution is 5.43. The van der Waals surface area contributed by atoms with Crippen LogP contribution >= 0.6 is 0 Å². The van der Waals surface area contributed by atoms with Crippen LogP contribution in [0, 0.1) is 0 Å². The Hall–Kier alpha value is -1.22. The van der Waals surface area contributed by atoms with Gasteiger partial charge in [-0.25, -0.2) is 0 Å². The highest BCUT2D eigenvalue weighted by Crippen LogP contribution is 2.28. The first-order valence-corrected chi connectivity index (χ1v) is 8.18. The van der Waals surface area contributed by atoms with Gasteiger partial charge in [-0.3, -0.25) is 0 Å². The molecular formula is C18H31NO2. The first-order chi connectivity index (χ1) is 10.2. The van der Waals surface area contributed by atoms with Gasteiger partial charge in [-0.05, 0) is 50.9 Å². The maximum atomic E-state index is 5.84. The Balaban J connectivity index is 2.49. The van der Waals surface area contributed by atoms with Gasteiger partial charge in [0.05, 0.1) is 13.7 Å². The molecule has 21 heavy (non-hydrogen) atoms. The molecule has 0 bridgehead atoms. The highest BCUT2D eigenvalue weighted by atomic mass is 16.5. The average molecular weight is 293 g/mol. The van der Waals surface area contributed by atoms with Crippen molar-refractivity contribution in [2.45, 2.75) is 58.4 Å². The van der Waals surface area contributed by atoms with E-state index in [4.69, 9.17) is 9.47 Å². The Bertz CT molecular complexity index is 393. The van der Waals surface area contributed by atoms with E-state index < -0.39 is 0 Å². The molecule has 1 atom stereocenters. The molecule has 3 heteroatoms. The lowest BCUT2D eigenvalue weighted by molar-refractivity contribution is 0.285. The molecule has 0 amide bonds. The largest absolute Gasteiger partial charge is 0.493 e. The van der Waals surface area contributed by atoms with Crippen molar-refractivity contribution in [2.24, 2.45) is 0 Å². The molecule has 0 heterocycles. The van der Waals surface area contributed by atoms with Gasteiger partial charge >= 0.3 is 0 Å². The van der Waals surface area contributed by atoms with Crippen LogP contribution in [0.5, 0.6) is 11.5 Å². The number of nitrogens with one attached hydrogen (secondary N) is 1. The van der Waals surface area contributed by atoms with Gasteiger partial charge in [0.15, 0.2) is 11.5 Å². The second kappa shape index (κ2) is 10.5. The molecule has 1 rings (SSSR count). The zero-order valence-electron chi connectivity index (χ0n) is 14.1. The number of benzene rings is 1. The number of aryl methyl sites for hydroxylation is 1. The molecule has 1 unspecified atom stereocenters. The lowest BCUT2D eigenvalue weighted by Crippen LogP contribution is -2.21. The lowest BCUT2D eigenvalue weighted by Gasteiger charge is -2.13. The number of ether oxygens (including phenoxy) is 2. The number of unbranched alkanes of at least 4 members (excludes halogenated alkanes) is 3. The smallest absolute Gasteiger partial charge is 0.161 e. The number of hydrogen-bond acceptors (Lipinski definition) is 3. The van der Waals surface area contributed by atoms with Crippen LogP contribution in [0.15, 0.2) is 18.2 Å². The molecule has 0 spiro atoms. The molecule has 0 aromatic heterocycles. The van der Waals surface area contributed by atoms with Gasteiger partial charge in [0.25, 0.3) is 0 Å². The minimum Gasteiger partial charge on any atom is -0.493 e. The van der Waals surface area contributed by atoms with Crippen LogP contribution in [-0.2, 0) is 6.42 Å². The van der Waals surface area contributed by atoms with E-state index in [1.807, 2.05) is 13.1 Å². The Morgan fingerprint density at radius 1 is 1.14 bits per heavy atom. The summed E-state index contributed by atoms with van der Waals surface area (Å²) in [6, 6.07) is 6.82. The minimum atomic E-state index is 0.533. The quantitative estimate of drug-likeness (QED) is 0.620. The number of rotatable bonds is 11. The fraction of sp³-hybridized carbons (Fsp3) is 0.667. The van der Waals surface area contributed by atoms with E-state index in [1.54, 1.807) is 7.11 Å². The first-order valence-electron chi connectivity index (χ1n) is 8.18. The van der Waals surface area contributed by atoms with Gasteiger partial charge < -0.3 is 14.8 Å². The summed E-state index contributed by atoms with van der Waals surface area (Å²) in [5.74, 6) is 1.71. The predicted octanol–water partition coefficient (Wildman–Crippen LogP) is 4.19. The Labute approximate surface area is 130 Å². The molecule has 0 saturated carbocycles.